The molecule has 0 fully saturated rings. The molecule has 0 aliphatic heterocycles. The molecule has 3 rings (SSSR count). The number of ether oxygens (including phenoxy) is 1. The maximum absolute atomic E-state index is 12.7. The van der Waals surface area contributed by atoms with Crippen LogP contribution in [0.3, 0.4) is 0 Å². The van der Waals surface area contributed by atoms with Gasteiger partial charge in [0.25, 0.3) is 0 Å². The van der Waals surface area contributed by atoms with E-state index in [9.17, 15) is 18.6 Å². The third-order valence-electron chi connectivity index (χ3n) is 3.62. The minimum absolute atomic E-state index is 0.00304. The summed E-state index contributed by atoms with van der Waals surface area (Å²) < 4.78 is 30.5. The van der Waals surface area contributed by atoms with Crippen molar-refractivity contribution in [1.29, 1.82) is 0 Å². The lowest BCUT2D eigenvalue weighted by atomic mass is 10.1. The summed E-state index contributed by atoms with van der Waals surface area (Å²) in [6.07, 6.45) is 0. The van der Waals surface area contributed by atoms with E-state index in [0.29, 0.717) is 11.1 Å². The summed E-state index contributed by atoms with van der Waals surface area (Å²) in [5, 5.41) is 21.1. The number of hydrogen-bond acceptors (Lipinski definition) is 5. The van der Waals surface area contributed by atoms with E-state index in [2.05, 4.69) is 0 Å². The second-order valence-corrected chi connectivity index (χ2v) is 6.89. The van der Waals surface area contributed by atoms with E-state index in [1.54, 1.807) is 24.3 Å². The van der Waals surface area contributed by atoms with Gasteiger partial charge in [-0.25, -0.2) is 8.42 Å². The molecule has 0 atom stereocenters. The summed E-state index contributed by atoms with van der Waals surface area (Å²) >= 11 is 0. The standard InChI is InChI=1S/C17H14O5S/c1-22-11-6-8-12(9-7-11)23(20,21)16-10-15(18)13-4-2-3-5-14(13)17(16)19/h2-10,18-19H,1H3. The van der Waals surface area contributed by atoms with Crippen LogP contribution in [0.25, 0.3) is 10.8 Å². The van der Waals surface area contributed by atoms with E-state index in [-0.39, 0.29) is 26.7 Å². The van der Waals surface area contributed by atoms with Crippen LogP contribution in [-0.4, -0.2) is 25.7 Å². The number of phenols is 2. The molecule has 0 aliphatic rings. The molecule has 3 aromatic rings. The van der Waals surface area contributed by atoms with Gasteiger partial charge in [-0.1, -0.05) is 24.3 Å². The first kappa shape index (κ1) is 15.2. The van der Waals surface area contributed by atoms with Gasteiger partial charge < -0.3 is 14.9 Å². The molecule has 0 bridgehead atoms. The molecule has 3 aromatic carbocycles. The molecule has 0 saturated carbocycles. The van der Waals surface area contributed by atoms with E-state index < -0.39 is 9.84 Å². The van der Waals surface area contributed by atoms with Crippen LogP contribution >= 0.6 is 0 Å². The van der Waals surface area contributed by atoms with E-state index in [1.807, 2.05) is 0 Å². The Morgan fingerprint density at radius 2 is 1.52 bits per heavy atom. The zero-order valence-corrected chi connectivity index (χ0v) is 13.0. The molecule has 0 aliphatic carbocycles. The third kappa shape index (κ3) is 2.47. The highest BCUT2D eigenvalue weighted by atomic mass is 32.2. The Balaban J connectivity index is 2.24. The lowest BCUT2D eigenvalue weighted by Gasteiger charge is -2.11. The smallest absolute Gasteiger partial charge is 0.210 e. The number of phenolic OH excluding ortho intramolecular Hbond substituents is 2. The number of fused-ring (bicyclic) bond motifs is 1. The molecule has 0 saturated heterocycles. The van der Waals surface area contributed by atoms with E-state index in [1.165, 1.54) is 31.4 Å². The predicted octanol–water partition coefficient (Wildman–Crippen LogP) is 3.09. The lowest BCUT2D eigenvalue weighted by molar-refractivity contribution is 0.414. The van der Waals surface area contributed by atoms with E-state index in [0.717, 1.165) is 6.07 Å². The Morgan fingerprint density at radius 1 is 0.913 bits per heavy atom. The molecule has 0 heterocycles. The highest BCUT2D eigenvalue weighted by Gasteiger charge is 2.24. The van der Waals surface area contributed by atoms with Gasteiger partial charge in [-0.05, 0) is 24.3 Å². The van der Waals surface area contributed by atoms with Crippen molar-refractivity contribution in [3.63, 3.8) is 0 Å². The fourth-order valence-electron chi connectivity index (χ4n) is 2.40. The number of rotatable bonds is 3. The van der Waals surface area contributed by atoms with Gasteiger partial charge in [-0.15, -0.1) is 0 Å². The van der Waals surface area contributed by atoms with Crippen molar-refractivity contribution in [3.8, 4) is 17.2 Å². The highest BCUT2D eigenvalue weighted by Crippen LogP contribution is 2.39. The quantitative estimate of drug-likeness (QED) is 0.721. The van der Waals surface area contributed by atoms with Crippen LogP contribution < -0.4 is 4.74 Å². The van der Waals surface area contributed by atoms with Gasteiger partial charge in [0.2, 0.25) is 9.84 Å². The zero-order chi connectivity index (χ0) is 16.6. The van der Waals surface area contributed by atoms with Gasteiger partial charge in [0.1, 0.15) is 22.1 Å². The Morgan fingerprint density at radius 3 is 2.13 bits per heavy atom. The first-order valence-electron chi connectivity index (χ1n) is 6.78. The third-order valence-corrected chi connectivity index (χ3v) is 5.40. The molecular weight excluding hydrogens is 316 g/mol. The van der Waals surface area contributed by atoms with Crippen LogP contribution in [0.5, 0.6) is 17.2 Å². The van der Waals surface area contributed by atoms with Crippen molar-refractivity contribution in [1.82, 2.24) is 0 Å². The molecule has 2 N–H and O–H groups in total. The molecule has 0 spiro atoms. The van der Waals surface area contributed by atoms with Crippen molar-refractivity contribution < 1.29 is 23.4 Å². The fourth-order valence-corrected chi connectivity index (χ4v) is 3.78. The number of sulfone groups is 1. The van der Waals surface area contributed by atoms with Gasteiger partial charge in [0.15, 0.2) is 0 Å². The first-order chi connectivity index (χ1) is 10.9. The summed E-state index contributed by atoms with van der Waals surface area (Å²) in [5.74, 6) is -0.0609. The lowest BCUT2D eigenvalue weighted by Crippen LogP contribution is -2.03. The average Bonchev–Trinajstić information content (AvgIpc) is 2.58. The van der Waals surface area contributed by atoms with Gasteiger partial charge in [-0.3, -0.25) is 0 Å². The number of aromatic hydroxyl groups is 2. The Hall–Kier alpha value is -2.73. The summed E-state index contributed by atoms with van der Waals surface area (Å²) in [6.45, 7) is 0. The molecule has 0 unspecified atom stereocenters. The number of methoxy groups -OCH3 is 1. The molecule has 0 radical (unpaired) electrons. The molecule has 5 nitrogen and oxygen atoms in total. The maximum Gasteiger partial charge on any atom is 0.210 e. The fraction of sp³-hybridized carbons (Fsp3) is 0.0588. The largest absolute Gasteiger partial charge is 0.507 e. The second kappa shape index (κ2) is 5.48. The average molecular weight is 330 g/mol. The van der Waals surface area contributed by atoms with Crippen LogP contribution in [0.4, 0.5) is 0 Å². The zero-order valence-electron chi connectivity index (χ0n) is 12.2. The van der Waals surface area contributed by atoms with Crippen molar-refractivity contribution in [3.05, 3.63) is 54.6 Å². The molecule has 23 heavy (non-hydrogen) atoms. The predicted molar refractivity (Wildman–Crippen MR) is 85.7 cm³/mol. The van der Waals surface area contributed by atoms with Gasteiger partial charge >= 0.3 is 0 Å². The summed E-state index contributed by atoms with van der Waals surface area (Å²) in [6, 6.07) is 13.4. The molecule has 6 heteroatoms. The Kier molecular flexibility index (Phi) is 3.61. The van der Waals surface area contributed by atoms with Crippen molar-refractivity contribution in [2.24, 2.45) is 0 Å². The Labute approximate surface area is 133 Å². The van der Waals surface area contributed by atoms with Gasteiger partial charge in [0.05, 0.1) is 12.0 Å². The van der Waals surface area contributed by atoms with Crippen molar-refractivity contribution in [2.45, 2.75) is 9.79 Å². The minimum Gasteiger partial charge on any atom is -0.507 e. The van der Waals surface area contributed by atoms with E-state index >= 15 is 0 Å². The topological polar surface area (TPSA) is 83.8 Å². The normalized spacial score (nSPS) is 11.5. The number of benzene rings is 3. The monoisotopic (exact) mass is 330 g/mol. The minimum atomic E-state index is -3.97. The summed E-state index contributed by atoms with van der Waals surface area (Å²) in [7, 11) is -2.49. The molecular formula is C17H14O5S. The summed E-state index contributed by atoms with van der Waals surface area (Å²) in [5.41, 5.74) is 0. The first-order valence-corrected chi connectivity index (χ1v) is 8.26. The van der Waals surface area contributed by atoms with Crippen LogP contribution in [0, 0.1) is 0 Å². The molecule has 118 valence electrons. The van der Waals surface area contributed by atoms with Crippen molar-refractivity contribution >= 4 is 20.6 Å². The maximum atomic E-state index is 12.7. The van der Waals surface area contributed by atoms with Crippen LogP contribution in [-0.2, 0) is 9.84 Å². The van der Waals surface area contributed by atoms with Gasteiger partial charge in [0, 0.05) is 16.8 Å². The Bertz CT molecular complexity index is 976. The van der Waals surface area contributed by atoms with Crippen molar-refractivity contribution in [2.75, 3.05) is 7.11 Å². The van der Waals surface area contributed by atoms with Crippen LogP contribution in [0.2, 0.25) is 0 Å². The SMILES string of the molecule is COc1ccc(S(=O)(=O)c2cc(O)c3ccccc3c2O)cc1. The highest BCUT2D eigenvalue weighted by molar-refractivity contribution is 7.91. The molecule has 0 amide bonds. The van der Waals surface area contributed by atoms with Crippen LogP contribution in [0.15, 0.2) is 64.4 Å². The van der Waals surface area contributed by atoms with Crippen LogP contribution in [0.1, 0.15) is 0 Å². The molecule has 0 aromatic heterocycles. The van der Waals surface area contributed by atoms with E-state index in [4.69, 9.17) is 4.74 Å². The summed E-state index contributed by atoms with van der Waals surface area (Å²) in [4.78, 5) is -0.331. The second-order valence-electron chi connectivity index (χ2n) is 4.97. The number of hydrogen-bond donors (Lipinski definition) is 2. The van der Waals surface area contributed by atoms with Gasteiger partial charge in [-0.2, -0.15) is 0 Å².